The minimum Gasteiger partial charge on any atom is -0.506 e. The number of nitrogens with zero attached hydrogens (tertiary/aromatic N) is 2. The molecule has 0 bridgehead atoms. The molecule has 27 heavy (non-hydrogen) atoms. The van der Waals surface area contributed by atoms with Crippen molar-refractivity contribution in [3.8, 4) is 17.2 Å². The maximum atomic E-state index is 10.3. The largest absolute Gasteiger partial charge is 0.506 e. The van der Waals surface area contributed by atoms with Crippen LogP contribution in [0.15, 0.2) is 64.0 Å². The number of rotatable bonds is 3. The summed E-state index contributed by atoms with van der Waals surface area (Å²) >= 11 is 4.34. The van der Waals surface area contributed by atoms with E-state index < -0.39 is 0 Å². The molecular formula is C21H14I2N2O2. The van der Waals surface area contributed by atoms with Crippen molar-refractivity contribution in [2.45, 2.75) is 6.92 Å². The quantitative estimate of drug-likeness (QED) is 0.224. The summed E-state index contributed by atoms with van der Waals surface area (Å²) in [5, 5.41) is 10.3. The molecule has 0 atom stereocenters. The third-order valence-electron chi connectivity index (χ3n) is 4.08. The fourth-order valence-electron chi connectivity index (χ4n) is 2.74. The van der Waals surface area contributed by atoms with Gasteiger partial charge < -0.3 is 9.52 Å². The lowest BCUT2D eigenvalue weighted by atomic mass is 10.1. The van der Waals surface area contributed by atoms with E-state index >= 15 is 0 Å². The number of para-hydroxylation sites is 1. The Morgan fingerprint density at radius 1 is 1.07 bits per heavy atom. The predicted octanol–water partition coefficient (Wildman–Crippen LogP) is 6.47. The highest BCUT2D eigenvalue weighted by Gasteiger charge is 2.12. The molecule has 0 spiro atoms. The molecule has 4 rings (SSSR count). The van der Waals surface area contributed by atoms with Gasteiger partial charge in [0.25, 0.3) is 0 Å². The van der Waals surface area contributed by atoms with E-state index in [0.717, 1.165) is 35.1 Å². The molecule has 3 aromatic carbocycles. The number of phenolic OH excluding ortho intramolecular Hbond substituents is 1. The standard InChI is InChI=1S/C21H14I2N2O2/c1-12-6-7-19-18(8-12)25-21(27-19)15-4-2-3-5-17(15)24-11-13-9-14(22)10-16(23)20(13)26/h2-11,26H,1H3. The van der Waals surface area contributed by atoms with Crippen molar-refractivity contribution < 1.29 is 9.52 Å². The Bertz CT molecular complexity index is 1180. The lowest BCUT2D eigenvalue weighted by Gasteiger charge is -2.04. The van der Waals surface area contributed by atoms with Gasteiger partial charge in [0.05, 0.1) is 14.8 Å². The number of aliphatic imine (C=N–C) groups is 1. The zero-order chi connectivity index (χ0) is 19.0. The van der Waals surface area contributed by atoms with E-state index in [-0.39, 0.29) is 5.75 Å². The minimum absolute atomic E-state index is 0.231. The van der Waals surface area contributed by atoms with Gasteiger partial charge in [-0.2, -0.15) is 0 Å². The Kier molecular flexibility index (Phi) is 5.18. The SMILES string of the molecule is Cc1ccc2oc(-c3ccccc3N=Cc3cc(I)cc(I)c3O)nc2c1. The van der Waals surface area contributed by atoms with Gasteiger partial charge in [0.15, 0.2) is 5.58 Å². The molecule has 1 aromatic heterocycles. The summed E-state index contributed by atoms with van der Waals surface area (Å²) in [5.41, 5.74) is 4.93. The highest BCUT2D eigenvalue weighted by atomic mass is 127. The summed E-state index contributed by atoms with van der Waals surface area (Å²) in [7, 11) is 0. The average Bonchev–Trinajstić information content (AvgIpc) is 3.06. The Morgan fingerprint density at radius 2 is 1.89 bits per heavy atom. The fourth-order valence-corrected chi connectivity index (χ4v) is 4.63. The van der Waals surface area contributed by atoms with Gasteiger partial charge in [0.2, 0.25) is 5.89 Å². The number of benzene rings is 3. The van der Waals surface area contributed by atoms with E-state index in [1.165, 1.54) is 0 Å². The topological polar surface area (TPSA) is 58.6 Å². The van der Waals surface area contributed by atoms with Crippen LogP contribution in [-0.4, -0.2) is 16.3 Å². The lowest BCUT2D eigenvalue weighted by molar-refractivity contribution is 0.470. The third kappa shape index (κ3) is 3.86. The van der Waals surface area contributed by atoms with Gasteiger partial charge in [-0.1, -0.05) is 18.2 Å². The van der Waals surface area contributed by atoms with Gasteiger partial charge in [-0.25, -0.2) is 4.98 Å². The molecule has 0 aliphatic rings. The smallest absolute Gasteiger partial charge is 0.229 e. The van der Waals surface area contributed by atoms with E-state index in [1.807, 2.05) is 61.5 Å². The van der Waals surface area contributed by atoms with Crippen LogP contribution in [0.1, 0.15) is 11.1 Å². The molecule has 4 nitrogen and oxygen atoms in total. The number of halogens is 2. The van der Waals surface area contributed by atoms with Gasteiger partial charge in [0, 0.05) is 15.3 Å². The first-order valence-electron chi connectivity index (χ1n) is 8.20. The van der Waals surface area contributed by atoms with Gasteiger partial charge in [0.1, 0.15) is 11.3 Å². The summed E-state index contributed by atoms with van der Waals surface area (Å²) in [6, 6.07) is 17.4. The van der Waals surface area contributed by atoms with Crippen molar-refractivity contribution in [3.63, 3.8) is 0 Å². The van der Waals surface area contributed by atoms with Crippen molar-refractivity contribution in [2.24, 2.45) is 4.99 Å². The number of oxazole rings is 1. The molecule has 0 radical (unpaired) electrons. The number of fused-ring (bicyclic) bond motifs is 1. The van der Waals surface area contributed by atoms with Crippen LogP contribution in [-0.2, 0) is 0 Å². The van der Waals surface area contributed by atoms with Crippen molar-refractivity contribution in [3.05, 3.63) is 72.9 Å². The van der Waals surface area contributed by atoms with Crippen molar-refractivity contribution in [1.29, 1.82) is 0 Å². The average molecular weight is 580 g/mol. The number of hydrogen-bond donors (Lipinski definition) is 1. The molecule has 0 aliphatic carbocycles. The molecule has 1 N–H and O–H groups in total. The van der Waals surface area contributed by atoms with Crippen LogP contribution >= 0.6 is 45.2 Å². The van der Waals surface area contributed by atoms with Gasteiger partial charge in [-0.3, -0.25) is 4.99 Å². The Balaban J connectivity index is 1.77. The second-order valence-corrected chi connectivity index (χ2v) is 8.50. The zero-order valence-corrected chi connectivity index (χ0v) is 18.6. The van der Waals surface area contributed by atoms with Gasteiger partial charge >= 0.3 is 0 Å². The molecule has 6 heteroatoms. The molecule has 0 unspecified atom stereocenters. The van der Waals surface area contributed by atoms with E-state index in [0.29, 0.717) is 11.5 Å². The number of phenols is 1. The first-order valence-corrected chi connectivity index (χ1v) is 10.4. The summed E-state index contributed by atoms with van der Waals surface area (Å²) in [5.74, 6) is 0.763. The van der Waals surface area contributed by atoms with Crippen LogP contribution < -0.4 is 0 Å². The number of aryl methyl sites for hydroxylation is 1. The van der Waals surface area contributed by atoms with Gasteiger partial charge in [-0.05, 0) is 94.1 Å². The van der Waals surface area contributed by atoms with Crippen LogP contribution in [0.3, 0.4) is 0 Å². The Hall–Kier alpha value is -1.94. The summed E-state index contributed by atoms with van der Waals surface area (Å²) < 4.78 is 7.76. The Morgan fingerprint density at radius 3 is 2.74 bits per heavy atom. The van der Waals surface area contributed by atoms with Crippen LogP contribution in [0.2, 0.25) is 0 Å². The van der Waals surface area contributed by atoms with E-state index in [1.54, 1.807) is 6.21 Å². The summed E-state index contributed by atoms with van der Waals surface area (Å²) in [6.07, 6.45) is 1.67. The molecule has 134 valence electrons. The van der Waals surface area contributed by atoms with Crippen LogP contribution in [0, 0.1) is 14.1 Å². The Labute approximate surface area is 183 Å². The maximum Gasteiger partial charge on any atom is 0.229 e. The molecule has 0 aliphatic heterocycles. The zero-order valence-electron chi connectivity index (χ0n) is 14.3. The molecule has 0 saturated carbocycles. The minimum atomic E-state index is 0.231. The summed E-state index contributed by atoms with van der Waals surface area (Å²) in [6.45, 7) is 2.03. The van der Waals surface area contributed by atoms with Crippen molar-refractivity contribution in [2.75, 3.05) is 0 Å². The molecule has 0 fully saturated rings. The monoisotopic (exact) mass is 580 g/mol. The highest BCUT2D eigenvalue weighted by Crippen LogP contribution is 2.33. The molecule has 1 heterocycles. The first-order chi connectivity index (χ1) is 13.0. The van der Waals surface area contributed by atoms with E-state index in [2.05, 4.69) is 55.2 Å². The highest BCUT2D eigenvalue weighted by molar-refractivity contribution is 14.1. The van der Waals surface area contributed by atoms with Crippen LogP contribution in [0.4, 0.5) is 5.69 Å². The molecular weight excluding hydrogens is 566 g/mol. The number of aromatic nitrogens is 1. The maximum absolute atomic E-state index is 10.3. The molecule has 0 amide bonds. The van der Waals surface area contributed by atoms with Crippen LogP contribution in [0.5, 0.6) is 5.75 Å². The van der Waals surface area contributed by atoms with E-state index in [9.17, 15) is 5.11 Å². The third-order valence-corrected chi connectivity index (χ3v) is 5.52. The molecule has 0 saturated heterocycles. The fraction of sp³-hybridized carbons (Fsp3) is 0.0476. The predicted molar refractivity (Wildman–Crippen MR) is 125 cm³/mol. The second-order valence-electron chi connectivity index (χ2n) is 6.09. The van der Waals surface area contributed by atoms with Crippen molar-refractivity contribution in [1.82, 2.24) is 4.98 Å². The lowest BCUT2D eigenvalue weighted by Crippen LogP contribution is -1.88. The summed E-state index contributed by atoms with van der Waals surface area (Å²) in [4.78, 5) is 9.20. The number of hydrogen-bond acceptors (Lipinski definition) is 4. The number of aromatic hydroxyl groups is 1. The van der Waals surface area contributed by atoms with E-state index in [4.69, 9.17) is 4.42 Å². The molecule has 4 aromatic rings. The van der Waals surface area contributed by atoms with Crippen LogP contribution in [0.25, 0.3) is 22.6 Å². The van der Waals surface area contributed by atoms with Gasteiger partial charge in [-0.15, -0.1) is 0 Å². The first kappa shape index (κ1) is 18.4. The van der Waals surface area contributed by atoms with Crippen molar-refractivity contribution >= 4 is 68.2 Å². The normalized spacial score (nSPS) is 11.5. The second kappa shape index (κ2) is 7.59.